The van der Waals surface area contributed by atoms with Crippen LogP contribution in [-0.4, -0.2) is 34.9 Å². The zero-order valence-corrected chi connectivity index (χ0v) is 19.0. The summed E-state index contributed by atoms with van der Waals surface area (Å²) in [6, 6.07) is 12.3. The number of aliphatic carboxylic acids is 1. The first-order chi connectivity index (χ1) is 16.8. The molecule has 3 aromatic rings. The second kappa shape index (κ2) is 10.3. The fourth-order valence-corrected chi connectivity index (χ4v) is 3.23. The van der Waals surface area contributed by atoms with Gasteiger partial charge in [-0.05, 0) is 44.2 Å². The largest absolute Gasteiger partial charge is 0.490 e. The molecule has 9 nitrogen and oxygen atoms in total. The third kappa shape index (κ3) is 5.60. The summed E-state index contributed by atoms with van der Waals surface area (Å²) in [7, 11) is 0. The monoisotopic (exact) mass is 482 g/mol. The van der Waals surface area contributed by atoms with Gasteiger partial charge in [0.2, 0.25) is 12.7 Å². The van der Waals surface area contributed by atoms with E-state index in [-0.39, 0.29) is 36.1 Å². The van der Waals surface area contributed by atoms with Crippen LogP contribution in [0.1, 0.15) is 29.8 Å². The zero-order chi connectivity index (χ0) is 24.9. The molecule has 35 heavy (non-hydrogen) atoms. The smallest absolute Gasteiger partial charge is 0.309 e. The summed E-state index contributed by atoms with van der Waals surface area (Å²) in [5.41, 5.74) is 0.397. The average molecular weight is 482 g/mol. The number of carboxylic acid groups (broad SMARTS) is 1. The molecule has 1 aliphatic heterocycles. The molecule has 1 aliphatic rings. The van der Waals surface area contributed by atoms with Crippen molar-refractivity contribution in [1.82, 2.24) is 10.3 Å². The molecule has 0 spiro atoms. The Morgan fingerprint density at radius 2 is 1.89 bits per heavy atom. The van der Waals surface area contributed by atoms with Gasteiger partial charge in [-0.15, -0.1) is 0 Å². The third-order valence-electron chi connectivity index (χ3n) is 5.45. The Hall–Kier alpha value is -4.34. The highest BCUT2D eigenvalue weighted by Gasteiger charge is 2.22. The van der Waals surface area contributed by atoms with Crippen LogP contribution in [-0.2, 0) is 11.3 Å². The number of benzene rings is 2. The van der Waals surface area contributed by atoms with Crippen molar-refractivity contribution in [3.05, 3.63) is 71.7 Å². The Morgan fingerprint density at radius 3 is 2.66 bits per heavy atom. The van der Waals surface area contributed by atoms with E-state index in [2.05, 4.69) is 10.3 Å². The minimum Gasteiger partial charge on any atom is -0.490 e. The van der Waals surface area contributed by atoms with E-state index in [1.165, 1.54) is 25.3 Å². The van der Waals surface area contributed by atoms with Crippen LogP contribution in [0.15, 0.2) is 54.7 Å². The van der Waals surface area contributed by atoms with Gasteiger partial charge in [0.05, 0.1) is 5.92 Å². The minimum atomic E-state index is -1.01. The van der Waals surface area contributed by atoms with E-state index in [4.69, 9.17) is 24.1 Å². The maximum Gasteiger partial charge on any atom is 0.309 e. The fourth-order valence-electron chi connectivity index (χ4n) is 3.23. The number of carbonyl (C=O) groups is 2. The number of carbonyl (C=O) groups excluding carboxylic acids is 1. The maximum atomic E-state index is 14.6. The van der Waals surface area contributed by atoms with Crippen LogP contribution >= 0.6 is 0 Å². The van der Waals surface area contributed by atoms with Gasteiger partial charge in [0.1, 0.15) is 29.0 Å². The molecule has 1 aromatic heterocycles. The van der Waals surface area contributed by atoms with E-state index >= 15 is 0 Å². The lowest BCUT2D eigenvalue weighted by molar-refractivity contribution is -0.143. The van der Waals surface area contributed by atoms with Crippen molar-refractivity contribution in [1.29, 1.82) is 0 Å². The Balaban J connectivity index is 1.40. The molecule has 0 bridgehead atoms. The number of amides is 1. The van der Waals surface area contributed by atoms with Crippen molar-refractivity contribution >= 4 is 11.9 Å². The molecule has 0 aliphatic carbocycles. The molecule has 1 amide bonds. The normalized spacial score (nSPS) is 13.6. The Kier molecular flexibility index (Phi) is 7.00. The number of hydrogen-bond acceptors (Lipinski definition) is 7. The number of halogens is 1. The van der Waals surface area contributed by atoms with E-state index in [1.807, 2.05) is 0 Å². The molecule has 10 heteroatoms. The van der Waals surface area contributed by atoms with Crippen LogP contribution in [0, 0.1) is 11.7 Å². The average Bonchev–Trinajstić information content (AvgIpc) is 3.31. The molecule has 2 N–H and O–H groups in total. The molecule has 2 heterocycles. The lowest BCUT2D eigenvalue weighted by atomic mass is 10.1. The summed E-state index contributed by atoms with van der Waals surface area (Å²) in [5.74, 6) is -1.05. The quantitative estimate of drug-likeness (QED) is 0.467. The molecule has 0 saturated carbocycles. The second-order valence-corrected chi connectivity index (χ2v) is 7.86. The molecule has 2 aromatic carbocycles. The Labute approximate surface area is 200 Å². The van der Waals surface area contributed by atoms with Crippen molar-refractivity contribution < 1.29 is 38.0 Å². The van der Waals surface area contributed by atoms with Gasteiger partial charge in [0.15, 0.2) is 11.5 Å². The first kappa shape index (κ1) is 23.8. The number of pyridine rings is 1. The van der Waals surface area contributed by atoms with Gasteiger partial charge in [0.25, 0.3) is 5.91 Å². The number of carboxylic acids is 1. The number of fused-ring (bicyclic) bond motifs is 1. The fraction of sp³-hybridized carbons (Fsp3) is 0.240. The van der Waals surface area contributed by atoms with E-state index < -0.39 is 29.7 Å². The molecule has 0 saturated heterocycles. The summed E-state index contributed by atoms with van der Waals surface area (Å²) < 4.78 is 36.5. The van der Waals surface area contributed by atoms with Gasteiger partial charge >= 0.3 is 5.97 Å². The van der Waals surface area contributed by atoms with Crippen LogP contribution in [0.25, 0.3) is 0 Å². The molecule has 0 radical (unpaired) electrons. The summed E-state index contributed by atoms with van der Waals surface area (Å²) >= 11 is 0. The predicted octanol–water partition coefficient (Wildman–Crippen LogP) is 4.16. The predicted molar refractivity (Wildman–Crippen MR) is 121 cm³/mol. The molecular formula is C25H23FN2O7. The first-order valence-corrected chi connectivity index (χ1v) is 10.8. The summed E-state index contributed by atoms with van der Waals surface area (Å²) in [6.07, 6.45) is 0.843. The first-order valence-electron chi connectivity index (χ1n) is 10.8. The lowest BCUT2D eigenvalue weighted by Gasteiger charge is -2.18. The highest BCUT2D eigenvalue weighted by atomic mass is 19.1. The van der Waals surface area contributed by atoms with Crippen molar-refractivity contribution in [2.24, 2.45) is 5.92 Å². The van der Waals surface area contributed by atoms with E-state index in [0.29, 0.717) is 17.2 Å². The van der Waals surface area contributed by atoms with Gasteiger partial charge in [0, 0.05) is 30.4 Å². The number of ether oxygens (including phenoxy) is 4. The standard InChI is InChI=1S/C25H23FN2O7/c1-14(25(30)31)15(2)34-17-6-5-16(20(26)10-17)12-28-23(29)19-4-3-9-27-24(19)35-18-7-8-21-22(11-18)33-13-32-21/h3-11,14-15H,12-13H2,1-2H3,(H,28,29)(H,30,31)/t14-,15+/m0/s1. The van der Waals surface area contributed by atoms with Crippen LogP contribution in [0.4, 0.5) is 4.39 Å². The van der Waals surface area contributed by atoms with Gasteiger partial charge in [-0.25, -0.2) is 9.37 Å². The molecule has 0 unspecified atom stereocenters. The number of rotatable bonds is 9. The van der Waals surface area contributed by atoms with Crippen molar-refractivity contribution in [2.45, 2.75) is 26.5 Å². The van der Waals surface area contributed by atoms with Gasteiger partial charge in [-0.3, -0.25) is 9.59 Å². The molecule has 0 fully saturated rings. The van der Waals surface area contributed by atoms with Crippen LogP contribution < -0.4 is 24.3 Å². The highest BCUT2D eigenvalue weighted by molar-refractivity contribution is 5.96. The van der Waals surface area contributed by atoms with E-state index in [0.717, 1.165) is 6.07 Å². The van der Waals surface area contributed by atoms with Crippen molar-refractivity contribution in [3.63, 3.8) is 0 Å². The van der Waals surface area contributed by atoms with Crippen LogP contribution in [0.3, 0.4) is 0 Å². The van der Waals surface area contributed by atoms with Gasteiger partial charge in [-0.1, -0.05) is 6.07 Å². The van der Waals surface area contributed by atoms with E-state index in [1.54, 1.807) is 37.3 Å². The Morgan fingerprint density at radius 1 is 1.11 bits per heavy atom. The Bertz CT molecular complexity index is 1250. The molecule has 182 valence electrons. The molecule has 2 atom stereocenters. The zero-order valence-electron chi connectivity index (χ0n) is 19.0. The van der Waals surface area contributed by atoms with Crippen LogP contribution in [0.5, 0.6) is 28.9 Å². The highest BCUT2D eigenvalue weighted by Crippen LogP contribution is 2.36. The number of hydrogen-bond donors (Lipinski definition) is 2. The summed E-state index contributed by atoms with van der Waals surface area (Å²) in [4.78, 5) is 28.0. The molecule has 4 rings (SSSR count). The SMILES string of the molecule is C[C@H](C(=O)O)[C@@H](C)Oc1ccc(CNC(=O)c2cccnc2Oc2ccc3c(c2)OCO3)c(F)c1. The van der Waals surface area contributed by atoms with Crippen molar-refractivity contribution in [3.8, 4) is 28.9 Å². The minimum absolute atomic E-state index is 0.0784. The lowest BCUT2D eigenvalue weighted by Crippen LogP contribution is -2.28. The second-order valence-electron chi connectivity index (χ2n) is 7.86. The number of nitrogens with one attached hydrogen (secondary N) is 1. The number of nitrogens with zero attached hydrogens (tertiary/aromatic N) is 1. The maximum absolute atomic E-state index is 14.6. The topological polar surface area (TPSA) is 116 Å². The molecular weight excluding hydrogens is 459 g/mol. The van der Waals surface area contributed by atoms with Crippen LogP contribution in [0.2, 0.25) is 0 Å². The number of aromatic nitrogens is 1. The van der Waals surface area contributed by atoms with Gasteiger partial charge in [-0.2, -0.15) is 0 Å². The van der Waals surface area contributed by atoms with Gasteiger partial charge < -0.3 is 29.4 Å². The van der Waals surface area contributed by atoms with Crippen molar-refractivity contribution in [2.75, 3.05) is 6.79 Å². The summed E-state index contributed by atoms with van der Waals surface area (Å²) in [5, 5.41) is 11.7. The third-order valence-corrected chi connectivity index (χ3v) is 5.45. The summed E-state index contributed by atoms with van der Waals surface area (Å²) in [6.45, 7) is 3.14. The van der Waals surface area contributed by atoms with E-state index in [9.17, 15) is 14.0 Å².